The van der Waals surface area contributed by atoms with Gasteiger partial charge in [-0.15, -0.1) is 0 Å². The van der Waals surface area contributed by atoms with E-state index in [1.807, 2.05) is 54.2 Å². The molecule has 3 N–H and O–H groups in total. The Labute approximate surface area is 214 Å². The van der Waals surface area contributed by atoms with Gasteiger partial charge in [0.2, 0.25) is 0 Å². The van der Waals surface area contributed by atoms with Crippen molar-refractivity contribution in [3.05, 3.63) is 84.2 Å². The fourth-order valence-corrected chi connectivity index (χ4v) is 5.99. The van der Waals surface area contributed by atoms with E-state index in [1.165, 1.54) is 0 Å². The first-order valence-electron chi connectivity index (χ1n) is 12.7. The minimum atomic E-state index is -0.453. The summed E-state index contributed by atoms with van der Waals surface area (Å²) in [5.74, 6) is -0.453. The molecular weight excluding hydrogens is 462 g/mol. The molecule has 7 rings (SSSR count). The number of nitrogens with zero attached hydrogens (tertiary/aromatic N) is 3. The molecule has 2 aliphatic rings. The van der Waals surface area contributed by atoms with Gasteiger partial charge in [0.05, 0.1) is 46.2 Å². The number of ether oxygens (including phenoxy) is 1. The summed E-state index contributed by atoms with van der Waals surface area (Å²) in [5.41, 5.74) is 12.8. The van der Waals surface area contributed by atoms with Crippen molar-refractivity contribution in [2.24, 2.45) is 5.73 Å². The quantitative estimate of drug-likeness (QED) is 0.346. The van der Waals surface area contributed by atoms with Crippen molar-refractivity contribution < 1.29 is 9.53 Å². The topological polar surface area (TPSA) is 95.1 Å². The predicted molar refractivity (Wildman–Crippen MR) is 145 cm³/mol. The van der Waals surface area contributed by atoms with E-state index in [1.54, 1.807) is 6.07 Å². The number of para-hydroxylation sites is 1. The van der Waals surface area contributed by atoms with Gasteiger partial charge in [-0.05, 0) is 68.1 Å². The van der Waals surface area contributed by atoms with Crippen LogP contribution in [0.25, 0.3) is 38.6 Å². The zero-order valence-electron chi connectivity index (χ0n) is 20.5. The molecular formula is C30H27N5O2. The Morgan fingerprint density at radius 3 is 2.78 bits per heavy atom. The number of hydrogen-bond acceptors (Lipinski definition) is 5. The highest BCUT2D eigenvalue weighted by atomic mass is 16.5. The molecule has 3 unspecified atom stereocenters. The number of pyridine rings is 1. The second kappa shape index (κ2) is 8.42. The molecule has 2 fully saturated rings. The lowest BCUT2D eigenvalue weighted by atomic mass is 9.95. The van der Waals surface area contributed by atoms with Gasteiger partial charge in [-0.3, -0.25) is 9.78 Å². The van der Waals surface area contributed by atoms with Gasteiger partial charge in [0, 0.05) is 28.2 Å². The van der Waals surface area contributed by atoms with Crippen LogP contribution in [0.4, 0.5) is 5.69 Å². The van der Waals surface area contributed by atoms with E-state index in [0.717, 1.165) is 69.3 Å². The highest BCUT2D eigenvalue weighted by Crippen LogP contribution is 2.37. The van der Waals surface area contributed by atoms with Crippen molar-refractivity contribution in [1.82, 2.24) is 14.8 Å². The smallest absolute Gasteiger partial charge is 0.250 e. The Hall–Kier alpha value is -4.23. The number of benzene rings is 3. The van der Waals surface area contributed by atoms with Crippen molar-refractivity contribution in [1.29, 1.82) is 0 Å². The molecule has 7 nitrogen and oxygen atoms in total. The summed E-state index contributed by atoms with van der Waals surface area (Å²) >= 11 is 0. The molecule has 0 radical (unpaired) electrons. The number of nitrogens with two attached hydrogens (primary N) is 1. The van der Waals surface area contributed by atoms with Crippen LogP contribution >= 0.6 is 0 Å². The van der Waals surface area contributed by atoms with Crippen molar-refractivity contribution in [2.75, 3.05) is 5.32 Å². The zero-order chi connectivity index (χ0) is 25.1. The first-order valence-corrected chi connectivity index (χ1v) is 12.7. The van der Waals surface area contributed by atoms with Gasteiger partial charge in [0.15, 0.2) is 0 Å². The van der Waals surface area contributed by atoms with Gasteiger partial charge < -0.3 is 15.8 Å². The van der Waals surface area contributed by atoms with Crippen LogP contribution in [0.5, 0.6) is 0 Å². The fraction of sp³-hybridized carbons (Fsp3) is 0.233. The summed E-state index contributed by atoms with van der Waals surface area (Å²) in [6, 6.07) is 22.4. The van der Waals surface area contributed by atoms with Crippen LogP contribution in [0.3, 0.4) is 0 Å². The Kier molecular flexibility index (Phi) is 5.01. The van der Waals surface area contributed by atoms with E-state index < -0.39 is 5.91 Å². The lowest BCUT2D eigenvalue weighted by molar-refractivity contribution is 0.0997. The second-order valence-corrected chi connectivity index (χ2v) is 10.1. The first kappa shape index (κ1) is 22.0. The number of nitrogens with one attached hydrogen (secondary N) is 1. The lowest BCUT2D eigenvalue weighted by Crippen LogP contribution is -2.31. The number of carbonyl (C=O) groups excluding carboxylic acids is 1. The summed E-state index contributed by atoms with van der Waals surface area (Å²) in [5, 5.41) is 10.7. The Balaban J connectivity index is 1.32. The maximum Gasteiger partial charge on any atom is 0.250 e. The third-order valence-corrected chi connectivity index (χ3v) is 7.74. The Morgan fingerprint density at radius 2 is 1.97 bits per heavy atom. The van der Waals surface area contributed by atoms with Crippen molar-refractivity contribution in [3.63, 3.8) is 0 Å². The van der Waals surface area contributed by atoms with E-state index in [-0.39, 0.29) is 12.1 Å². The maximum absolute atomic E-state index is 12.2. The lowest BCUT2D eigenvalue weighted by Gasteiger charge is -2.23. The van der Waals surface area contributed by atoms with Crippen molar-refractivity contribution in [2.45, 2.75) is 44.4 Å². The molecule has 184 valence electrons. The summed E-state index contributed by atoms with van der Waals surface area (Å²) in [6.07, 6.45) is 5.51. The molecule has 2 aromatic heterocycles. The summed E-state index contributed by atoms with van der Waals surface area (Å²) in [4.78, 5) is 16.9. The molecule has 4 heterocycles. The maximum atomic E-state index is 12.2. The highest BCUT2D eigenvalue weighted by Gasteiger charge is 2.41. The second-order valence-electron chi connectivity index (χ2n) is 10.1. The average Bonchev–Trinajstić information content (AvgIpc) is 3.63. The number of amides is 1. The van der Waals surface area contributed by atoms with E-state index in [0.29, 0.717) is 11.7 Å². The molecule has 2 saturated heterocycles. The molecule has 2 bridgehead atoms. The normalized spacial score (nSPS) is 20.6. The average molecular weight is 490 g/mol. The van der Waals surface area contributed by atoms with E-state index in [4.69, 9.17) is 15.6 Å². The third-order valence-electron chi connectivity index (χ3n) is 7.74. The highest BCUT2D eigenvalue weighted by molar-refractivity contribution is 6.00. The van der Waals surface area contributed by atoms with Crippen molar-refractivity contribution in [3.8, 4) is 16.8 Å². The molecule has 3 aromatic carbocycles. The number of hydrogen-bond donors (Lipinski definition) is 2. The van der Waals surface area contributed by atoms with Crippen LogP contribution in [0.1, 0.15) is 35.3 Å². The van der Waals surface area contributed by atoms with Gasteiger partial charge in [-0.1, -0.05) is 30.3 Å². The largest absolute Gasteiger partial charge is 0.379 e. The Bertz CT molecular complexity index is 1690. The molecule has 0 saturated carbocycles. The Morgan fingerprint density at radius 1 is 1.08 bits per heavy atom. The van der Waals surface area contributed by atoms with Crippen LogP contribution in [0, 0.1) is 6.92 Å². The standard InChI is InChI=1S/C30H27N5O2/c1-17-29-22(19-13-18-5-2-3-7-24(18)32-16-19)6-4-8-27(29)35(34-17)20-9-11-23(30(31)36)25(14-20)33-26-15-21-10-12-28(26)37-21/h2-9,11,13-14,16,21,26,28,33H,10,12,15H2,1H3,(H2,31,36). The van der Waals surface area contributed by atoms with Crippen LogP contribution in [0.15, 0.2) is 72.9 Å². The van der Waals surface area contributed by atoms with Gasteiger partial charge in [-0.2, -0.15) is 5.10 Å². The van der Waals surface area contributed by atoms with E-state index in [9.17, 15) is 4.79 Å². The van der Waals surface area contributed by atoms with Crippen molar-refractivity contribution >= 4 is 33.4 Å². The summed E-state index contributed by atoms with van der Waals surface area (Å²) in [6.45, 7) is 2.03. The number of carbonyl (C=O) groups is 1. The van der Waals surface area contributed by atoms with Gasteiger partial charge in [0.25, 0.3) is 5.91 Å². The van der Waals surface area contributed by atoms with Gasteiger partial charge >= 0.3 is 0 Å². The number of primary amides is 1. The predicted octanol–water partition coefficient (Wildman–Crippen LogP) is 5.38. The number of fused-ring (bicyclic) bond motifs is 4. The molecule has 7 heteroatoms. The molecule has 0 spiro atoms. The number of aryl methyl sites for hydroxylation is 1. The van der Waals surface area contributed by atoms with Crippen LogP contribution in [0.2, 0.25) is 0 Å². The summed E-state index contributed by atoms with van der Waals surface area (Å²) < 4.78 is 7.95. The van der Waals surface area contributed by atoms with Gasteiger partial charge in [0.1, 0.15) is 0 Å². The molecule has 0 aliphatic carbocycles. The number of aromatic nitrogens is 3. The molecule has 3 atom stereocenters. The fourth-order valence-electron chi connectivity index (χ4n) is 5.99. The van der Waals surface area contributed by atoms with E-state index >= 15 is 0 Å². The monoisotopic (exact) mass is 489 g/mol. The SMILES string of the molecule is Cc1nn(-c2ccc(C(N)=O)c(NC3CC4CCC3O4)c2)c2cccc(-c3cnc4ccccc4c3)c12. The van der Waals surface area contributed by atoms with Crippen LogP contribution in [-0.4, -0.2) is 38.9 Å². The molecule has 5 aromatic rings. The summed E-state index contributed by atoms with van der Waals surface area (Å²) in [7, 11) is 0. The molecule has 2 aliphatic heterocycles. The van der Waals surface area contributed by atoms with Crippen LogP contribution in [-0.2, 0) is 4.74 Å². The molecule has 1 amide bonds. The first-order chi connectivity index (χ1) is 18.0. The minimum absolute atomic E-state index is 0.176. The zero-order valence-corrected chi connectivity index (χ0v) is 20.5. The van der Waals surface area contributed by atoms with Crippen LogP contribution < -0.4 is 11.1 Å². The third kappa shape index (κ3) is 3.65. The number of anilines is 1. The minimum Gasteiger partial charge on any atom is -0.379 e. The number of rotatable bonds is 5. The van der Waals surface area contributed by atoms with E-state index in [2.05, 4.69) is 34.6 Å². The molecule has 37 heavy (non-hydrogen) atoms. The van der Waals surface area contributed by atoms with Gasteiger partial charge in [-0.25, -0.2) is 4.68 Å².